The lowest BCUT2D eigenvalue weighted by atomic mass is 10.2. The molecular weight excluding hydrogens is 257 g/mol. The second-order valence-corrected chi connectivity index (χ2v) is 4.45. The van der Waals surface area contributed by atoms with Crippen LogP contribution >= 0.6 is 0 Å². The predicted molar refractivity (Wildman–Crippen MR) is 75.9 cm³/mol. The Kier molecular flexibility index (Phi) is 3.12. The van der Waals surface area contributed by atoms with Crippen LogP contribution in [0.3, 0.4) is 0 Å². The van der Waals surface area contributed by atoms with Crippen LogP contribution in [-0.4, -0.2) is 17.1 Å². The van der Waals surface area contributed by atoms with Crippen molar-refractivity contribution in [1.29, 1.82) is 0 Å². The van der Waals surface area contributed by atoms with Crippen LogP contribution < -0.4 is 10.5 Å². The highest BCUT2D eigenvalue weighted by atomic mass is 19.1. The number of nitrogens with zero attached hydrogens (tertiary/aromatic N) is 1. The summed E-state index contributed by atoms with van der Waals surface area (Å²) in [6, 6.07) is 10.5. The molecule has 3 rings (SSSR count). The number of rotatable bonds is 3. The molecule has 20 heavy (non-hydrogen) atoms. The Morgan fingerprint density at radius 3 is 2.85 bits per heavy atom. The molecule has 2 aromatic carbocycles. The van der Waals surface area contributed by atoms with Gasteiger partial charge < -0.3 is 15.5 Å². The number of H-pyrrole nitrogens is 1. The first kappa shape index (κ1) is 12.6. The molecule has 3 aromatic rings. The molecule has 1 aromatic heterocycles. The fourth-order valence-corrected chi connectivity index (χ4v) is 2.21. The minimum atomic E-state index is -0.412. The Morgan fingerprint density at radius 2 is 2.15 bits per heavy atom. The van der Waals surface area contributed by atoms with E-state index >= 15 is 0 Å². The van der Waals surface area contributed by atoms with E-state index in [1.165, 1.54) is 13.2 Å². The van der Waals surface area contributed by atoms with Gasteiger partial charge in [0, 0.05) is 12.1 Å². The minimum Gasteiger partial charge on any atom is -0.494 e. The Hall–Kier alpha value is -2.40. The number of hydrogen-bond acceptors (Lipinski definition) is 3. The summed E-state index contributed by atoms with van der Waals surface area (Å²) in [6.07, 6.45) is 0. The van der Waals surface area contributed by atoms with Gasteiger partial charge in [0.15, 0.2) is 11.6 Å². The maximum atomic E-state index is 13.8. The van der Waals surface area contributed by atoms with Crippen LogP contribution in [0, 0.1) is 5.82 Å². The van der Waals surface area contributed by atoms with Gasteiger partial charge >= 0.3 is 0 Å². The van der Waals surface area contributed by atoms with Crippen molar-refractivity contribution >= 4 is 11.0 Å². The van der Waals surface area contributed by atoms with Gasteiger partial charge in [0.1, 0.15) is 5.82 Å². The molecule has 0 amide bonds. The van der Waals surface area contributed by atoms with Crippen LogP contribution in [0.25, 0.3) is 22.4 Å². The van der Waals surface area contributed by atoms with E-state index in [1.54, 1.807) is 12.1 Å². The van der Waals surface area contributed by atoms with Gasteiger partial charge in [0.05, 0.1) is 18.1 Å². The molecule has 0 unspecified atom stereocenters. The molecule has 0 aliphatic rings. The van der Waals surface area contributed by atoms with Crippen molar-refractivity contribution in [3.05, 3.63) is 47.8 Å². The van der Waals surface area contributed by atoms with E-state index in [4.69, 9.17) is 10.5 Å². The van der Waals surface area contributed by atoms with Crippen LogP contribution in [0.5, 0.6) is 5.75 Å². The van der Waals surface area contributed by atoms with Gasteiger partial charge in [-0.25, -0.2) is 9.37 Å². The molecule has 0 saturated heterocycles. The zero-order valence-electron chi connectivity index (χ0n) is 11.0. The largest absolute Gasteiger partial charge is 0.494 e. The normalized spacial score (nSPS) is 10.9. The SMILES string of the molecule is COc1ccc(-c2nc3c(CN)cccc3[nH]2)cc1F. The van der Waals surface area contributed by atoms with E-state index < -0.39 is 5.82 Å². The molecule has 4 nitrogen and oxygen atoms in total. The van der Waals surface area contributed by atoms with Crippen molar-refractivity contribution in [2.45, 2.75) is 6.54 Å². The van der Waals surface area contributed by atoms with Crippen LogP contribution in [0.2, 0.25) is 0 Å². The number of hydrogen-bond donors (Lipinski definition) is 2. The summed E-state index contributed by atoms with van der Waals surface area (Å²) in [5.74, 6) is 0.416. The van der Waals surface area contributed by atoms with Gasteiger partial charge in [-0.3, -0.25) is 0 Å². The Bertz CT molecular complexity index is 767. The molecule has 5 heteroatoms. The highest BCUT2D eigenvalue weighted by Gasteiger charge is 2.10. The third-order valence-corrected chi connectivity index (χ3v) is 3.24. The first-order valence-electron chi connectivity index (χ1n) is 6.24. The summed E-state index contributed by atoms with van der Waals surface area (Å²) in [7, 11) is 1.44. The van der Waals surface area contributed by atoms with E-state index in [2.05, 4.69) is 9.97 Å². The Morgan fingerprint density at radius 1 is 1.30 bits per heavy atom. The van der Waals surface area contributed by atoms with E-state index in [1.807, 2.05) is 18.2 Å². The Labute approximate surface area is 115 Å². The minimum absolute atomic E-state index is 0.215. The van der Waals surface area contributed by atoms with Gasteiger partial charge in [-0.1, -0.05) is 12.1 Å². The number of aromatic nitrogens is 2. The second-order valence-electron chi connectivity index (χ2n) is 4.45. The van der Waals surface area contributed by atoms with E-state index in [9.17, 15) is 4.39 Å². The van der Waals surface area contributed by atoms with Gasteiger partial charge in [0.25, 0.3) is 0 Å². The summed E-state index contributed by atoms with van der Waals surface area (Å²) >= 11 is 0. The molecule has 0 saturated carbocycles. The topological polar surface area (TPSA) is 63.9 Å². The number of aromatic amines is 1. The first-order chi connectivity index (χ1) is 9.72. The summed E-state index contributed by atoms with van der Waals surface area (Å²) in [5.41, 5.74) is 9.03. The molecule has 0 aliphatic heterocycles. The average Bonchev–Trinajstić information content (AvgIpc) is 2.91. The molecule has 0 aliphatic carbocycles. The number of halogens is 1. The maximum absolute atomic E-state index is 13.8. The van der Waals surface area contributed by atoms with Gasteiger partial charge in [0.2, 0.25) is 0 Å². The lowest BCUT2D eigenvalue weighted by Gasteiger charge is -2.02. The summed E-state index contributed by atoms with van der Waals surface area (Å²) in [4.78, 5) is 7.68. The number of nitrogens with two attached hydrogens (primary N) is 1. The monoisotopic (exact) mass is 271 g/mol. The van der Waals surface area contributed by atoms with Crippen molar-refractivity contribution in [3.63, 3.8) is 0 Å². The van der Waals surface area contributed by atoms with Crippen molar-refractivity contribution in [3.8, 4) is 17.1 Å². The molecule has 0 spiro atoms. The van der Waals surface area contributed by atoms with Gasteiger partial charge in [-0.2, -0.15) is 0 Å². The molecular formula is C15H14FN3O. The fourth-order valence-electron chi connectivity index (χ4n) is 2.21. The zero-order chi connectivity index (χ0) is 14.1. The summed E-state index contributed by atoms with van der Waals surface area (Å²) < 4.78 is 18.7. The van der Waals surface area contributed by atoms with Crippen molar-refractivity contribution in [2.75, 3.05) is 7.11 Å². The molecule has 3 N–H and O–H groups in total. The van der Waals surface area contributed by atoms with Crippen molar-refractivity contribution in [2.24, 2.45) is 5.73 Å². The maximum Gasteiger partial charge on any atom is 0.165 e. The standard InChI is InChI=1S/C15H14FN3O/c1-20-13-6-5-9(7-11(13)16)15-18-12-4-2-3-10(8-17)14(12)19-15/h2-7H,8,17H2,1H3,(H,18,19). The molecule has 0 bridgehead atoms. The van der Waals surface area contributed by atoms with Crippen LogP contribution in [0.15, 0.2) is 36.4 Å². The lowest BCUT2D eigenvalue weighted by molar-refractivity contribution is 0.386. The van der Waals surface area contributed by atoms with E-state index in [0.29, 0.717) is 17.9 Å². The van der Waals surface area contributed by atoms with Crippen LogP contribution in [-0.2, 0) is 6.54 Å². The van der Waals surface area contributed by atoms with Crippen LogP contribution in [0.4, 0.5) is 4.39 Å². The highest BCUT2D eigenvalue weighted by Crippen LogP contribution is 2.26. The molecule has 0 atom stereocenters. The molecule has 0 radical (unpaired) electrons. The Balaban J connectivity index is 2.12. The number of methoxy groups -OCH3 is 1. The van der Waals surface area contributed by atoms with Gasteiger partial charge in [-0.05, 0) is 29.8 Å². The number of ether oxygens (including phenoxy) is 1. The lowest BCUT2D eigenvalue weighted by Crippen LogP contribution is -1.96. The zero-order valence-corrected chi connectivity index (χ0v) is 11.0. The van der Waals surface area contributed by atoms with E-state index in [0.717, 1.165) is 16.6 Å². The first-order valence-corrected chi connectivity index (χ1v) is 6.24. The van der Waals surface area contributed by atoms with Crippen molar-refractivity contribution < 1.29 is 9.13 Å². The quantitative estimate of drug-likeness (QED) is 0.770. The number of nitrogens with one attached hydrogen (secondary N) is 1. The number of fused-ring (bicyclic) bond motifs is 1. The fraction of sp³-hybridized carbons (Fsp3) is 0.133. The van der Waals surface area contributed by atoms with Crippen molar-refractivity contribution in [1.82, 2.24) is 9.97 Å². The molecule has 102 valence electrons. The van der Waals surface area contributed by atoms with Crippen LogP contribution in [0.1, 0.15) is 5.56 Å². The number of imidazole rings is 1. The van der Waals surface area contributed by atoms with Gasteiger partial charge in [-0.15, -0.1) is 0 Å². The smallest absolute Gasteiger partial charge is 0.165 e. The summed E-state index contributed by atoms with van der Waals surface area (Å²) in [5, 5.41) is 0. The highest BCUT2D eigenvalue weighted by molar-refractivity contribution is 5.82. The number of benzene rings is 2. The average molecular weight is 271 g/mol. The van der Waals surface area contributed by atoms with E-state index in [-0.39, 0.29) is 5.75 Å². The predicted octanol–water partition coefficient (Wildman–Crippen LogP) is 2.84. The number of para-hydroxylation sites is 1. The third-order valence-electron chi connectivity index (χ3n) is 3.24. The third kappa shape index (κ3) is 2.02. The second kappa shape index (κ2) is 4.94. The molecule has 0 fully saturated rings. The molecule has 1 heterocycles. The summed E-state index contributed by atoms with van der Waals surface area (Å²) in [6.45, 7) is 0.415.